The lowest BCUT2D eigenvalue weighted by Gasteiger charge is -1.94. The molecule has 0 atom stereocenters. The van der Waals surface area contributed by atoms with Crippen molar-refractivity contribution in [2.24, 2.45) is 5.73 Å². The van der Waals surface area contributed by atoms with Crippen LogP contribution in [-0.2, 0) is 9.31 Å². The van der Waals surface area contributed by atoms with E-state index in [9.17, 15) is 0 Å². The third-order valence-electron chi connectivity index (χ3n) is 0.883. The fraction of sp³-hybridized carbons (Fsp3) is 1.00. The van der Waals surface area contributed by atoms with Gasteiger partial charge in [0.1, 0.15) is 0 Å². The maximum atomic E-state index is 5.18. The molecule has 7 heavy (non-hydrogen) atoms. The predicted molar refractivity (Wildman–Crippen MR) is 26.7 cm³/mol. The van der Waals surface area contributed by atoms with Gasteiger partial charge >= 0.3 is 7.12 Å². The summed E-state index contributed by atoms with van der Waals surface area (Å²) in [6, 6.07) is 0. The van der Waals surface area contributed by atoms with Crippen molar-refractivity contribution in [3.63, 3.8) is 0 Å². The van der Waals surface area contributed by atoms with Gasteiger partial charge in [-0.1, -0.05) is 0 Å². The van der Waals surface area contributed by atoms with Crippen LogP contribution in [-0.4, -0.2) is 26.8 Å². The summed E-state index contributed by atoms with van der Waals surface area (Å²) in [7, 11) is -0.125. The Morgan fingerprint density at radius 1 is 1.43 bits per heavy atom. The van der Waals surface area contributed by atoms with Gasteiger partial charge in [0.2, 0.25) is 0 Å². The molecule has 0 aromatic rings. The van der Waals surface area contributed by atoms with Crippen molar-refractivity contribution in [2.75, 3.05) is 19.7 Å². The summed E-state index contributed by atoms with van der Waals surface area (Å²) in [6.45, 7) is 1.39. The van der Waals surface area contributed by atoms with Gasteiger partial charge in [-0.3, -0.25) is 0 Å². The third-order valence-corrected chi connectivity index (χ3v) is 0.883. The first kappa shape index (κ1) is 5.09. The standard InChI is InChI=1S/C3H8BNO2/c5-3-4-6-1-2-7-4/h1-3,5H2. The van der Waals surface area contributed by atoms with E-state index >= 15 is 0 Å². The van der Waals surface area contributed by atoms with E-state index in [1.807, 2.05) is 0 Å². The molecule has 4 heteroatoms. The van der Waals surface area contributed by atoms with Crippen molar-refractivity contribution in [2.45, 2.75) is 0 Å². The minimum atomic E-state index is -0.125. The van der Waals surface area contributed by atoms with Crippen molar-refractivity contribution in [1.82, 2.24) is 0 Å². The highest BCUT2D eigenvalue weighted by molar-refractivity contribution is 6.45. The van der Waals surface area contributed by atoms with Crippen LogP contribution in [0.15, 0.2) is 0 Å². The average Bonchev–Trinajstić information content (AvgIpc) is 2.14. The summed E-state index contributed by atoms with van der Waals surface area (Å²) in [5.74, 6) is 0. The molecule has 1 rings (SSSR count). The van der Waals surface area contributed by atoms with Crippen LogP contribution >= 0.6 is 0 Å². The molecular weight excluding hydrogens is 92.8 g/mol. The SMILES string of the molecule is NCB1OCCO1. The van der Waals surface area contributed by atoms with Crippen LogP contribution in [0, 0.1) is 0 Å². The van der Waals surface area contributed by atoms with Gasteiger partial charge in [-0.05, 0) is 0 Å². The lowest BCUT2D eigenvalue weighted by molar-refractivity contribution is 0.365. The Labute approximate surface area is 42.9 Å². The van der Waals surface area contributed by atoms with Gasteiger partial charge in [-0.15, -0.1) is 0 Å². The maximum Gasteiger partial charge on any atom is 0.471 e. The second-order valence-corrected chi connectivity index (χ2v) is 1.41. The summed E-state index contributed by atoms with van der Waals surface area (Å²) in [6.07, 6.45) is 0.472. The molecule has 0 aromatic heterocycles. The van der Waals surface area contributed by atoms with E-state index in [-0.39, 0.29) is 7.12 Å². The van der Waals surface area contributed by atoms with Crippen molar-refractivity contribution < 1.29 is 9.31 Å². The van der Waals surface area contributed by atoms with Crippen LogP contribution in [0.2, 0.25) is 0 Å². The minimum Gasteiger partial charge on any atom is -0.408 e. The van der Waals surface area contributed by atoms with E-state index in [2.05, 4.69) is 0 Å². The Morgan fingerprint density at radius 3 is 2.29 bits per heavy atom. The Morgan fingerprint density at radius 2 is 2.00 bits per heavy atom. The third kappa shape index (κ3) is 1.16. The molecule has 0 saturated carbocycles. The van der Waals surface area contributed by atoms with Gasteiger partial charge in [0.25, 0.3) is 0 Å². The Hall–Kier alpha value is -0.0551. The smallest absolute Gasteiger partial charge is 0.408 e. The van der Waals surface area contributed by atoms with Gasteiger partial charge in [0, 0.05) is 6.44 Å². The monoisotopic (exact) mass is 101 g/mol. The molecule has 0 aromatic carbocycles. The van der Waals surface area contributed by atoms with Crippen molar-refractivity contribution in [1.29, 1.82) is 0 Å². The van der Waals surface area contributed by atoms with Crippen molar-refractivity contribution in [3.8, 4) is 0 Å². The zero-order chi connectivity index (χ0) is 5.11. The lowest BCUT2D eigenvalue weighted by atomic mass is 9.92. The second kappa shape index (κ2) is 2.30. The van der Waals surface area contributed by atoms with E-state index in [1.54, 1.807) is 0 Å². The Bertz CT molecular complexity index is 54.9. The van der Waals surface area contributed by atoms with Gasteiger partial charge < -0.3 is 15.0 Å². The first-order valence-corrected chi connectivity index (χ1v) is 2.37. The van der Waals surface area contributed by atoms with Crippen molar-refractivity contribution >= 4 is 7.12 Å². The van der Waals surface area contributed by atoms with Gasteiger partial charge in [-0.25, -0.2) is 0 Å². The zero-order valence-corrected chi connectivity index (χ0v) is 4.09. The molecule has 1 aliphatic rings. The first-order chi connectivity index (χ1) is 3.43. The van der Waals surface area contributed by atoms with Gasteiger partial charge in [0.05, 0.1) is 13.2 Å². The molecule has 1 heterocycles. The summed E-state index contributed by atoms with van der Waals surface area (Å²) in [4.78, 5) is 0. The van der Waals surface area contributed by atoms with Crippen LogP contribution in [0.5, 0.6) is 0 Å². The molecule has 0 spiro atoms. The minimum absolute atomic E-state index is 0.125. The number of hydrogen-bond donors (Lipinski definition) is 1. The highest BCUT2D eigenvalue weighted by Crippen LogP contribution is 1.94. The van der Waals surface area contributed by atoms with E-state index in [0.29, 0.717) is 19.7 Å². The van der Waals surface area contributed by atoms with Crippen LogP contribution in [0.25, 0.3) is 0 Å². The van der Waals surface area contributed by atoms with Crippen LogP contribution in [0.1, 0.15) is 0 Å². The molecule has 0 unspecified atom stereocenters. The lowest BCUT2D eigenvalue weighted by Crippen LogP contribution is -2.26. The van der Waals surface area contributed by atoms with Gasteiger partial charge in [-0.2, -0.15) is 0 Å². The summed E-state index contributed by atoms with van der Waals surface area (Å²) >= 11 is 0. The van der Waals surface area contributed by atoms with E-state index in [4.69, 9.17) is 15.0 Å². The molecule has 1 aliphatic heterocycles. The molecule has 0 amide bonds. The Balaban J connectivity index is 2.14. The zero-order valence-electron chi connectivity index (χ0n) is 4.09. The number of rotatable bonds is 1. The van der Waals surface area contributed by atoms with Crippen molar-refractivity contribution in [3.05, 3.63) is 0 Å². The number of hydrogen-bond acceptors (Lipinski definition) is 3. The average molecular weight is 101 g/mol. The molecule has 1 fully saturated rings. The van der Waals surface area contributed by atoms with E-state index in [0.717, 1.165) is 0 Å². The highest BCUT2D eigenvalue weighted by atomic mass is 16.6. The normalized spacial score (nSPS) is 21.0. The van der Waals surface area contributed by atoms with Crippen LogP contribution in [0.4, 0.5) is 0 Å². The number of nitrogens with two attached hydrogens (primary N) is 1. The molecule has 0 radical (unpaired) electrons. The highest BCUT2D eigenvalue weighted by Gasteiger charge is 2.20. The summed E-state index contributed by atoms with van der Waals surface area (Å²) in [5, 5.41) is 0. The molecule has 0 aliphatic carbocycles. The van der Waals surface area contributed by atoms with E-state index in [1.165, 1.54) is 0 Å². The second-order valence-electron chi connectivity index (χ2n) is 1.41. The quantitative estimate of drug-likeness (QED) is 0.431. The first-order valence-electron chi connectivity index (χ1n) is 2.37. The molecule has 1 saturated heterocycles. The molecule has 3 nitrogen and oxygen atoms in total. The van der Waals surface area contributed by atoms with Crippen LogP contribution in [0.3, 0.4) is 0 Å². The van der Waals surface area contributed by atoms with E-state index < -0.39 is 0 Å². The molecular formula is C3H8BNO2. The topological polar surface area (TPSA) is 44.5 Å². The largest absolute Gasteiger partial charge is 0.471 e. The molecule has 2 N–H and O–H groups in total. The maximum absolute atomic E-state index is 5.18. The van der Waals surface area contributed by atoms with Crippen LogP contribution < -0.4 is 5.73 Å². The Kier molecular flexibility index (Phi) is 1.67. The summed E-state index contributed by atoms with van der Waals surface area (Å²) < 4.78 is 9.91. The summed E-state index contributed by atoms with van der Waals surface area (Å²) in [5.41, 5.74) is 5.18. The molecule has 40 valence electrons. The van der Waals surface area contributed by atoms with Gasteiger partial charge in [0.15, 0.2) is 0 Å². The fourth-order valence-electron chi connectivity index (χ4n) is 0.543. The fourth-order valence-corrected chi connectivity index (χ4v) is 0.543. The molecule has 0 bridgehead atoms. The predicted octanol–water partition coefficient (Wildman–Crippen LogP) is -0.981.